The monoisotopic (exact) mass is 282 g/mol. The van der Waals surface area contributed by atoms with E-state index in [9.17, 15) is 4.79 Å². The standard InChI is InChI=1S/C16H30N2O2/c1-2-3-12(8-10-17)4-7-15(19)18-14-9-11-20-16(14)13-5-6-13/h12-14,16H,2-11,17H2,1H3,(H,18,19). The molecule has 4 heteroatoms. The molecular formula is C16H30N2O2. The van der Waals surface area contributed by atoms with E-state index in [4.69, 9.17) is 10.5 Å². The highest BCUT2D eigenvalue weighted by Crippen LogP contribution is 2.38. The lowest BCUT2D eigenvalue weighted by Crippen LogP contribution is -2.41. The number of ether oxygens (including phenoxy) is 1. The second-order valence-corrected chi connectivity index (χ2v) is 6.41. The smallest absolute Gasteiger partial charge is 0.220 e. The highest BCUT2D eigenvalue weighted by Gasteiger charge is 2.41. The zero-order valence-corrected chi connectivity index (χ0v) is 12.8. The number of rotatable bonds is 9. The highest BCUT2D eigenvalue weighted by atomic mass is 16.5. The van der Waals surface area contributed by atoms with E-state index in [1.807, 2.05) is 0 Å². The maximum absolute atomic E-state index is 12.1. The van der Waals surface area contributed by atoms with Crippen molar-refractivity contribution in [1.82, 2.24) is 5.32 Å². The van der Waals surface area contributed by atoms with Crippen LogP contribution in [0, 0.1) is 11.8 Å². The number of hydrogen-bond acceptors (Lipinski definition) is 3. The van der Waals surface area contributed by atoms with Gasteiger partial charge in [0.1, 0.15) is 0 Å². The Morgan fingerprint density at radius 3 is 2.75 bits per heavy atom. The highest BCUT2D eigenvalue weighted by molar-refractivity contribution is 5.76. The summed E-state index contributed by atoms with van der Waals surface area (Å²) in [5.41, 5.74) is 5.64. The van der Waals surface area contributed by atoms with Crippen LogP contribution < -0.4 is 11.1 Å². The first-order chi connectivity index (χ1) is 9.74. The maximum Gasteiger partial charge on any atom is 0.220 e. The van der Waals surface area contributed by atoms with Crippen molar-refractivity contribution in [3.63, 3.8) is 0 Å². The molecule has 0 aromatic carbocycles. The number of carbonyl (C=O) groups is 1. The molecule has 1 aliphatic heterocycles. The molecule has 1 heterocycles. The zero-order chi connectivity index (χ0) is 14.4. The van der Waals surface area contributed by atoms with Gasteiger partial charge in [-0.1, -0.05) is 19.8 Å². The first-order valence-corrected chi connectivity index (χ1v) is 8.35. The van der Waals surface area contributed by atoms with Gasteiger partial charge in [-0.15, -0.1) is 0 Å². The molecule has 20 heavy (non-hydrogen) atoms. The lowest BCUT2D eigenvalue weighted by molar-refractivity contribution is -0.122. The van der Waals surface area contributed by atoms with Gasteiger partial charge in [0.25, 0.3) is 0 Å². The maximum atomic E-state index is 12.1. The number of carbonyl (C=O) groups excluding carboxylic acids is 1. The van der Waals surface area contributed by atoms with Gasteiger partial charge in [-0.05, 0) is 50.5 Å². The van der Waals surface area contributed by atoms with Gasteiger partial charge >= 0.3 is 0 Å². The van der Waals surface area contributed by atoms with Gasteiger partial charge in [-0.2, -0.15) is 0 Å². The van der Waals surface area contributed by atoms with Crippen molar-refractivity contribution in [3.05, 3.63) is 0 Å². The van der Waals surface area contributed by atoms with Crippen molar-refractivity contribution in [2.24, 2.45) is 17.6 Å². The van der Waals surface area contributed by atoms with Crippen LogP contribution in [0.3, 0.4) is 0 Å². The van der Waals surface area contributed by atoms with Crippen LogP contribution in [0.25, 0.3) is 0 Å². The Bertz CT molecular complexity index is 299. The Balaban J connectivity index is 1.68. The minimum absolute atomic E-state index is 0.198. The molecule has 1 aliphatic carbocycles. The third-order valence-corrected chi connectivity index (χ3v) is 4.62. The van der Waals surface area contributed by atoms with Crippen LogP contribution in [0.5, 0.6) is 0 Å². The fourth-order valence-electron chi connectivity index (χ4n) is 3.35. The summed E-state index contributed by atoms with van der Waals surface area (Å²) in [6, 6.07) is 0.258. The molecule has 2 rings (SSSR count). The predicted molar refractivity (Wildman–Crippen MR) is 80.3 cm³/mol. The Hall–Kier alpha value is -0.610. The molecule has 0 spiro atoms. The van der Waals surface area contributed by atoms with Crippen molar-refractivity contribution >= 4 is 5.91 Å². The third kappa shape index (κ3) is 4.74. The molecule has 3 N–H and O–H groups in total. The summed E-state index contributed by atoms with van der Waals surface area (Å²) < 4.78 is 5.76. The van der Waals surface area contributed by atoms with E-state index in [1.54, 1.807) is 0 Å². The first kappa shape index (κ1) is 15.8. The van der Waals surface area contributed by atoms with Crippen molar-refractivity contribution in [1.29, 1.82) is 0 Å². The second kappa shape index (κ2) is 7.99. The number of amides is 1. The van der Waals surface area contributed by atoms with Gasteiger partial charge in [-0.3, -0.25) is 4.79 Å². The molecule has 2 fully saturated rings. The molecule has 0 bridgehead atoms. The second-order valence-electron chi connectivity index (χ2n) is 6.41. The van der Waals surface area contributed by atoms with E-state index in [0.29, 0.717) is 18.3 Å². The molecule has 0 aromatic heterocycles. The Kier molecular flexibility index (Phi) is 6.30. The number of nitrogens with two attached hydrogens (primary N) is 1. The van der Waals surface area contributed by atoms with Crippen LogP contribution in [0.2, 0.25) is 0 Å². The summed E-state index contributed by atoms with van der Waals surface area (Å²) in [5.74, 6) is 1.51. The number of hydrogen-bond donors (Lipinski definition) is 2. The van der Waals surface area contributed by atoms with Crippen LogP contribution in [0.15, 0.2) is 0 Å². The predicted octanol–water partition coefficient (Wildman–Crippen LogP) is 2.22. The summed E-state index contributed by atoms with van der Waals surface area (Å²) in [5, 5.41) is 3.19. The summed E-state index contributed by atoms with van der Waals surface area (Å²) in [4.78, 5) is 12.1. The van der Waals surface area contributed by atoms with Crippen molar-refractivity contribution in [3.8, 4) is 0 Å². The largest absolute Gasteiger partial charge is 0.376 e. The Morgan fingerprint density at radius 1 is 1.30 bits per heavy atom. The summed E-state index contributed by atoms with van der Waals surface area (Å²) in [6.45, 7) is 3.73. The average molecular weight is 282 g/mol. The van der Waals surface area contributed by atoms with Crippen LogP contribution in [0.1, 0.15) is 58.3 Å². The first-order valence-electron chi connectivity index (χ1n) is 8.35. The SMILES string of the molecule is CCCC(CCN)CCC(=O)NC1CCOC1C1CC1. The van der Waals surface area contributed by atoms with Crippen LogP contribution in [-0.4, -0.2) is 31.2 Å². The van der Waals surface area contributed by atoms with Gasteiger partial charge in [0.05, 0.1) is 12.1 Å². The van der Waals surface area contributed by atoms with Gasteiger partial charge < -0.3 is 15.8 Å². The fraction of sp³-hybridized carbons (Fsp3) is 0.938. The Labute approximate surface area is 122 Å². The van der Waals surface area contributed by atoms with E-state index in [0.717, 1.165) is 32.4 Å². The van der Waals surface area contributed by atoms with Crippen molar-refractivity contribution in [2.45, 2.75) is 70.4 Å². The molecule has 1 saturated carbocycles. The molecular weight excluding hydrogens is 252 g/mol. The topological polar surface area (TPSA) is 64.4 Å². The summed E-state index contributed by atoms with van der Waals surface area (Å²) >= 11 is 0. The van der Waals surface area contributed by atoms with E-state index in [2.05, 4.69) is 12.2 Å². The minimum atomic E-state index is 0.198. The molecule has 4 nitrogen and oxygen atoms in total. The third-order valence-electron chi connectivity index (χ3n) is 4.62. The van der Waals surface area contributed by atoms with Gasteiger partial charge in [-0.25, -0.2) is 0 Å². The minimum Gasteiger partial charge on any atom is -0.376 e. The molecule has 3 atom stereocenters. The van der Waals surface area contributed by atoms with Crippen LogP contribution in [-0.2, 0) is 9.53 Å². The fourth-order valence-corrected chi connectivity index (χ4v) is 3.35. The summed E-state index contributed by atoms with van der Waals surface area (Å²) in [6.07, 6.45) is 8.81. The quantitative estimate of drug-likeness (QED) is 0.681. The van der Waals surface area contributed by atoms with Crippen molar-refractivity contribution in [2.75, 3.05) is 13.2 Å². The molecule has 2 aliphatic rings. The lowest BCUT2D eigenvalue weighted by Gasteiger charge is -2.20. The van der Waals surface area contributed by atoms with E-state index in [1.165, 1.54) is 25.7 Å². The molecule has 1 amide bonds. The lowest BCUT2D eigenvalue weighted by atomic mass is 9.94. The van der Waals surface area contributed by atoms with Crippen molar-refractivity contribution < 1.29 is 9.53 Å². The number of nitrogens with one attached hydrogen (secondary N) is 1. The summed E-state index contributed by atoms with van der Waals surface area (Å²) in [7, 11) is 0. The molecule has 0 radical (unpaired) electrons. The molecule has 1 saturated heterocycles. The zero-order valence-electron chi connectivity index (χ0n) is 12.8. The normalized spacial score (nSPS) is 27.5. The van der Waals surface area contributed by atoms with Crippen LogP contribution >= 0.6 is 0 Å². The molecule has 3 unspecified atom stereocenters. The molecule has 116 valence electrons. The van der Waals surface area contributed by atoms with Gasteiger partial charge in [0, 0.05) is 13.0 Å². The molecule has 0 aromatic rings. The van der Waals surface area contributed by atoms with E-state index < -0.39 is 0 Å². The van der Waals surface area contributed by atoms with Gasteiger partial charge in [0.15, 0.2) is 0 Å². The van der Waals surface area contributed by atoms with Crippen LogP contribution in [0.4, 0.5) is 0 Å². The van der Waals surface area contributed by atoms with E-state index in [-0.39, 0.29) is 18.1 Å². The van der Waals surface area contributed by atoms with E-state index >= 15 is 0 Å². The Morgan fingerprint density at radius 2 is 2.10 bits per heavy atom. The average Bonchev–Trinajstić information content (AvgIpc) is 3.17. The van der Waals surface area contributed by atoms with Gasteiger partial charge in [0.2, 0.25) is 5.91 Å².